The van der Waals surface area contributed by atoms with E-state index in [1.54, 1.807) is 0 Å². The predicted molar refractivity (Wildman–Crippen MR) is 103 cm³/mol. The number of amides is 3. The zero-order valence-electron chi connectivity index (χ0n) is 16.2. The van der Waals surface area contributed by atoms with Gasteiger partial charge in [-0.05, 0) is 30.2 Å². The van der Waals surface area contributed by atoms with E-state index in [1.807, 2.05) is 35.2 Å². The molecular formula is C21H29N3O4. The van der Waals surface area contributed by atoms with Gasteiger partial charge >= 0.3 is 6.03 Å². The quantitative estimate of drug-likeness (QED) is 0.829. The summed E-state index contributed by atoms with van der Waals surface area (Å²) in [4.78, 5) is 26.3. The first-order valence-corrected chi connectivity index (χ1v) is 10.2. The van der Waals surface area contributed by atoms with Crippen molar-refractivity contribution >= 4 is 11.9 Å². The first-order valence-electron chi connectivity index (χ1n) is 10.2. The van der Waals surface area contributed by atoms with Crippen LogP contribution in [0.25, 0.3) is 0 Å². The highest BCUT2D eigenvalue weighted by molar-refractivity contribution is 5.79. The van der Waals surface area contributed by atoms with Crippen molar-refractivity contribution in [3.05, 3.63) is 35.9 Å². The number of hydrogen-bond donors (Lipinski definition) is 2. The van der Waals surface area contributed by atoms with Crippen molar-refractivity contribution in [2.45, 2.75) is 50.4 Å². The minimum Gasteiger partial charge on any atom is -0.352 e. The van der Waals surface area contributed by atoms with Gasteiger partial charge in [0.1, 0.15) is 0 Å². The summed E-state index contributed by atoms with van der Waals surface area (Å²) in [6.45, 7) is 2.92. The van der Waals surface area contributed by atoms with E-state index in [1.165, 1.54) is 0 Å². The summed E-state index contributed by atoms with van der Waals surface area (Å²) >= 11 is 0. The lowest BCUT2D eigenvalue weighted by Crippen LogP contribution is -2.42. The van der Waals surface area contributed by atoms with Crippen molar-refractivity contribution in [3.63, 3.8) is 0 Å². The number of carbonyl (C=O) groups is 2. The lowest BCUT2D eigenvalue weighted by molar-refractivity contribution is -0.190. The van der Waals surface area contributed by atoms with E-state index in [2.05, 4.69) is 5.32 Å². The maximum Gasteiger partial charge on any atom is 0.312 e. The molecule has 0 bridgehead atoms. The molecule has 152 valence electrons. The third-order valence-corrected chi connectivity index (χ3v) is 6.57. The second-order valence-corrected chi connectivity index (χ2v) is 8.35. The van der Waals surface area contributed by atoms with Crippen molar-refractivity contribution in [2.75, 3.05) is 26.3 Å². The lowest BCUT2D eigenvalue weighted by atomic mass is 9.71. The first-order chi connectivity index (χ1) is 13.5. The summed E-state index contributed by atoms with van der Waals surface area (Å²) in [5, 5.41) is 2.71. The number of nitrogens with zero attached hydrogens (tertiary/aromatic N) is 1. The molecular weight excluding hydrogens is 358 g/mol. The fraction of sp³-hybridized carbons (Fsp3) is 0.619. The molecule has 7 heteroatoms. The van der Waals surface area contributed by atoms with Gasteiger partial charge in [0.15, 0.2) is 5.79 Å². The van der Waals surface area contributed by atoms with Crippen LogP contribution in [-0.4, -0.2) is 48.9 Å². The van der Waals surface area contributed by atoms with Crippen LogP contribution in [0.4, 0.5) is 4.79 Å². The highest BCUT2D eigenvalue weighted by Gasteiger charge is 2.49. The van der Waals surface area contributed by atoms with Crippen LogP contribution in [0, 0.1) is 5.41 Å². The van der Waals surface area contributed by atoms with Crippen molar-refractivity contribution in [1.29, 1.82) is 0 Å². The number of nitrogens with two attached hydrogens (primary N) is 1. The number of rotatable bonds is 4. The molecule has 2 heterocycles. The standard InChI is InChI=1S/C21H29N3O4/c22-19(26)23-17(16-4-2-1-3-5-16)14-18(25)24-11-10-20(15-24)6-8-21(9-7-20)27-12-13-28-21/h1-5,17H,6-15H2,(H3,22,23,26). The molecule has 1 unspecified atom stereocenters. The van der Waals surface area contributed by atoms with Gasteiger partial charge in [0, 0.05) is 25.9 Å². The Labute approximate surface area is 165 Å². The fourth-order valence-electron chi connectivity index (χ4n) is 4.92. The third-order valence-electron chi connectivity index (χ3n) is 6.57. The first kappa shape index (κ1) is 19.2. The van der Waals surface area contributed by atoms with Crippen LogP contribution in [-0.2, 0) is 14.3 Å². The van der Waals surface area contributed by atoms with Gasteiger partial charge in [-0.2, -0.15) is 0 Å². The maximum absolute atomic E-state index is 13.0. The molecule has 1 saturated carbocycles. The van der Waals surface area contributed by atoms with Crippen molar-refractivity contribution < 1.29 is 19.1 Å². The molecule has 0 aromatic heterocycles. The molecule has 2 aliphatic heterocycles. The largest absolute Gasteiger partial charge is 0.352 e. The van der Waals surface area contributed by atoms with Crippen molar-refractivity contribution in [1.82, 2.24) is 10.2 Å². The van der Waals surface area contributed by atoms with E-state index in [-0.39, 0.29) is 23.5 Å². The molecule has 3 aliphatic rings. The summed E-state index contributed by atoms with van der Waals surface area (Å²) in [5.41, 5.74) is 6.39. The zero-order valence-corrected chi connectivity index (χ0v) is 16.2. The van der Waals surface area contributed by atoms with Crippen LogP contribution in [0.2, 0.25) is 0 Å². The van der Waals surface area contributed by atoms with E-state index >= 15 is 0 Å². The van der Waals surface area contributed by atoms with E-state index < -0.39 is 12.1 Å². The van der Waals surface area contributed by atoms with Gasteiger partial charge in [0.2, 0.25) is 5.91 Å². The predicted octanol–water partition coefficient (Wildman–Crippen LogP) is 2.32. The molecule has 0 radical (unpaired) electrons. The van der Waals surface area contributed by atoms with Crippen LogP contribution in [0.1, 0.15) is 50.1 Å². The van der Waals surface area contributed by atoms with Gasteiger partial charge in [-0.15, -0.1) is 0 Å². The smallest absolute Gasteiger partial charge is 0.312 e. The highest BCUT2D eigenvalue weighted by Crippen LogP contribution is 2.49. The number of urea groups is 1. The Kier molecular flexibility index (Phi) is 5.29. The number of benzene rings is 1. The maximum atomic E-state index is 13.0. The number of primary amides is 1. The SMILES string of the molecule is NC(=O)NC(CC(=O)N1CCC2(CCC3(CC2)OCCO3)C1)c1ccccc1. The number of hydrogen-bond acceptors (Lipinski definition) is 4. The molecule has 1 aromatic rings. The van der Waals surface area contributed by atoms with Gasteiger partial charge < -0.3 is 25.4 Å². The Morgan fingerprint density at radius 2 is 1.75 bits per heavy atom. The monoisotopic (exact) mass is 387 g/mol. The zero-order chi connectivity index (χ0) is 19.6. The topological polar surface area (TPSA) is 93.9 Å². The fourth-order valence-corrected chi connectivity index (χ4v) is 4.92. The van der Waals surface area contributed by atoms with E-state index in [4.69, 9.17) is 15.2 Å². The van der Waals surface area contributed by atoms with E-state index in [0.717, 1.165) is 50.8 Å². The minimum absolute atomic E-state index is 0.0631. The van der Waals surface area contributed by atoms with Crippen LogP contribution in [0.15, 0.2) is 30.3 Å². The van der Waals surface area contributed by atoms with Gasteiger partial charge in [-0.1, -0.05) is 30.3 Å². The van der Waals surface area contributed by atoms with E-state index in [0.29, 0.717) is 13.2 Å². The Morgan fingerprint density at radius 3 is 2.39 bits per heavy atom. The summed E-state index contributed by atoms with van der Waals surface area (Å²) in [7, 11) is 0. The normalized spacial score (nSPS) is 23.8. The molecule has 4 rings (SSSR count). The van der Waals surface area contributed by atoms with Crippen molar-refractivity contribution in [3.8, 4) is 0 Å². The van der Waals surface area contributed by atoms with Gasteiger partial charge in [0.05, 0.1) is 25.7 Å². The van der Waals surface area contributed by atoms with Crippen LogP contribution < -0.4 is 11.1 Å². The molecule has 2 saturated heterocycles. The molecule has 7 nitrogen and oxygen atoms in total. The molecule has 1 aliphatic carbocycles. The molecule has 1 atom stereocenters. The molecule has 3 amide bonds. The average Bonchev–Trinajstić information content (AvgIpc) is 3.32. The molecule has 2 spiro atoms. The summed E-state index contributed by atoms with van der Waals surface area (Å²) in [6, 6.07) is 8.48. The third kappa shape index (κ3) is 4.00. The minimum atomic E-state index is -0.617. The van der Waals surface area contributed by atoms with Gasteiger partial charge in [0.25, 0.3) is 0 Å². The average molecular weight is 387 g/mol. The van der Waals surface area contributed by atoms with E-state index in [9.17, 15) is 9.59 Å². The van der Waals surface area contributed by atoms with Crippen LogP contribution >= 0.6 is 0 Å². The Bertz CT molecular complexity index is 708. The van der Waals surface area contributed by atoms with Crippen LogP contribution in [0.3, 0.4) is 0 Å². The lowest BCUT2D eigenvalue weighted by Gasteiger charge is -2.41. The summed E-state index contributed by atoms with van der Waals surface area (Å²) in [5.74, 6) is -0.305. The Morgan fingerprint density at radius 1 is 1.07 bits per heavy atom. The molecule has 1 aromatic carbocycles. The second kappa shape index (κ2) is 7.72. The number of carbonyl (C=O) groups excluding carboxylic acids is 2. The van der Waals surface area contributed by atoms with Crippen molar-refractivity contribution in [2.24, 2.45) is 11.1 Å². The number of nitrogens with one attached hydrogen (secondary N) is 1. The number of likely N-dealkylation sites (tertiary alicyclic amines) is 1. The van der Waals surface area contributed by atoms with Gasteiger partial charge in [-0.3, -0.25) is 4.79 Å². The number of ether oxygens (including phenoxy) is 2. The van der Waals surface area contributed by atoms with Gasteiger partial charge in [-0.25, -0.2) is 4.79 Å². The summed E-state index contributed by atoms with van der Waals surface area (Å²) < 4.78 is 11.7. The van der Waals surface area contributed by atoms with Crippen LogP contribution in [0.5, 0.6) is 0 Å². The Balaban J connectivity index is 1.37. The molecule has 3 N–H and O–H groups in total. The summed E-state index contributed by atoms with van der Waals surface area (Å²) in [6.07, 6.45) is 5.11. The highest BCUT2D eigenvalue weighted by atomic mass is 16.7. The molecule has 28 heavy (non-hydrogen) atoms. The second-order valence-electron chi connectivity index (χ2n) is 8.35. The Hall–Kier alpha value is -2.12. The molecule has 3 fully saturated rings.